The highest BCUT2D eigenvalue weighted by Crippen LogP contribution is 2.11. The van der Waals surface area contributed by atoms with Crippen molar-refractivity contribution in [2.75, 3.05) is 7.11 Å². The Labute approximate surface area is 94.4 Å². The molecule has 2 radical (unpaired) electrons. The fraction of sp³-hybridized carbons (Fsp3) is 0.231. The third kappa shape index (κ3) is 4.28. The van der Waals surface area contributed by atoms with Crippen LogP contribution >= 0.6 is 0 Å². The Bertz CT molecular complexity index is 327. The maximum absolute atomic E-state index is 5.04. The van der Waals surface area contributed by atoms with Crippen LogP contribution in [0.1, 0.15) is 11.1 Å². The van der Waals surface area contributed by atoms with Crippen molar-refractivity contribution < 1.29 is 4.43 Å². The fourth-order valence-electron chi connectivity index (χ4n) is 1.30. The molecule has 2 heteroatoms. The maximum atomic E-state index is 5.04. The predicted molar refractivity (Wildman–Crippen MR) is 66.9 cm³/mol. The molecule has 0 N–H and O–H groups in total. The lowest BCUT2D eigenvalue weighted by atomic mass is 10.1. The van der Waals surface area contributed by atoms with E-state index in [0.717, 1.165) is 18.0 Å². The molecule has 0 saturated carbocycles. The van der Waals surface area contributed by atoms with E-state index in [9.17, 15) is 0 Å². The van der Waals surface area contributed by atoms with Crippen molar-refractivity contribution in [3.05, 3.63) is 54.1 Å². The lowest BCUT2D eigenvalue weighted by Gasteiger charge is -2.04. The molecule has 0 atom stereocenters. The minimum Gasteiger partial charge on any atom is -0.420 e. The topological polar surface area (TPSA) is 9.23 Å². The molecule has 1 rings (SSSR count). The van der Waals surface area contributed by atoms with Crippen LogP contribution in [-0.2, 0) is 10.8 Å². The second-order valence-electron chi connectivity index (χ2n) is 3.40. The first-order valence-electron chi connectivity index (χ1n) is 4.90. The van der Waals surface area contributed by atoms with Crippen LogP contribution in [0.4, 0.5) is 0 Å². The summed E-state index contributed by atoms with van der Waals surface area (Å²) in [5, 5.41) is 0. The largest absolute Gasteiger partial charge is 0.420 e. The van der Waals surface area contributed by atoms with Gasteiger partial charge in [-0.05, 0) is 23.6 Å². The van der Waals surface area contributed by atoms with Crippen molar-refractivity contribution in [1.82, 2.24) is 0 Å². The SMILES string of the molecule is C=Cc1ccc(CC(=C)C[Si]OC)cc1. The minimum absolute atomic E-state index is 0.529. The maximum Gasteiger partial charge on any atom is 0.233 e. The van der Waals surface area contributed by atoms with Gasteiger partial charge in [-0.25, -0.2) is 0 Å². The van der Waals surface area contributed by atoms with Gasteiger partial charge in [0.1, 0.15) is 0 Å². The molecule has 0 spiro atoms. The second kappa shape index (κ2) is 6.38. The monoisotopic (exact) mass is 216 g/mol. The van der Waals surface area contributed by atoms with E-state index in [4.69, 9.17) is 4.43 Å². The first kappa shape index (κ1) is 11.9. The Kier molecular flexibility index (Phi) is 5.08. The summed E-state index contributed by atoms with van der Waals surface area (Å²) in [4.78, 5) is 0. The van der Waals surface area contributed by atoms with E-state index in [0.29, 0.717) is 9.76 Å². The highest BCUT2D eigenvalue weighted by Gasteiger charge is 1.98. The van der Waals surface area contributed by atoms with Gasteiger partial charge in [0.2, 0.25) is 9.76 Å². The molecule has 78 valence electrons. The van der Waals surface area contributed by atoms with E-state index >= 15 is 0 Å². The molecule has 0 heterocycles. The van der Waals surface area contributed by atoms with E-state index in [1.54, 1.807) is 7.11 Å². The first-order chi connectivity index (χ1) is 7.26. The highest BCUT2D eigenvalue weighted by molar-refractivity contribution is 6.28. The van der Waals surface area contributed by atoms with E-state index in [1.807, 2.05) is 6.08 Å². The number of benzene rings is 1. The number of allylic oxidation sites excluding steroid dienone is 1. The van der Waals surface area contributed by atoms with Gasteiger partial charge in [0.25, 0.3) is 0 Å². The van der Waals surface area contributed by atoms with Crippen LogP contribution in [0.25, 0.3) is 6.08 Å². The first-order valence-corrected chi connectivity index (χ1v) is 6.01. The van der Waals surface area contributed by atoms with Crippen LogP contribution in [-0.4, -0.2) is 16.9 Å². The van der Waals surface area contributed by atoms with Crippen LogP contribution in [0.5, 0.6) is 0 Å². The van der Waals surface area contributed by atoms with E-state index in [1.165, 1.54) is 11.1 Å². The van der Waals surface area contributed by atoms with Crippen LogP contribution in [0.2, 0.25) is 6.04 Å². The van der Waals surface area contributed by atoms with Gasteiger partial charge in [0.05, 0.1) is 0 Å². The Morgan fingerprint density at radius 1 is 1.40 bits per heavy atom. The Balaban J connectivity index is 2.49. The van der Waals surface area contributed by atoms with E-state index in [-0.39, 0.29) is 0 Å². The summed E-state index contributed by atoms with van der Waals surface area (Å²) in [5.41, 5.74) is 3.68. The average molecular weight is 216 g/mol. The Hall–Kier alpha value is -1.12. The zero-order valence-electron chi connectivity index (χ0n) is 9.12. The molecule has 0 saturated heterocycles. The van der Waals surface area contributed by atoms with E-state index < -0.39 is 0 Å². The molecule has 0 bridgehead atoms. The minimum atomic E-state index is 0.529. The number of hydrogen-bond acceptors (Lipinski definition) is 1. The summed E-state index contributed by atoms with van der Waals surface area (Å²) in [6, 6.07) is 9.36. The highest BCUT2D eigenvalue weighted by atomic mass is 28.2. The molecule has 0 aliphatic heterocycles. The van der Waals surface area contributed by atoms with Gasteiger partial charge in [-0.3, -0.25) is 0 Å². The average Bonchev–Trinajstić information content (AvgIpc) is 2.27. The van der Waals surface area contributed by atoms with Crippen LogP contribution < -0.4 is 0 Å². The third-order valence-corrected chi connectivity index (χ3v) is 3.07. The van der Waals surface area contributed by atoms with Crippen LogP contribution in [0, 0.1) is 0 Å². The molecule has 1 aromatic rings. The van der Waals surface area contributed by atoms with Crippen molar-refractivity contribution in [3.63, 3.8) is 0 Å². The van der Waals surface area contributed by atoms with Gasteiger partial charge >= 0.3 is 0 Å². The smallest absolute Gasteiger partial charge is 0.233 e. The molecular formula is C13H16OSi. The molecule has 0 aromatic heterocycles. The van der Waals surface area contributed by atoms with Gasteiger partial charge < -0.3 is 4.43 Å². The molecule has 15 heavy (non-hydrogen) atoms. The lowest BCUT2D eigenvalue weighted by Crippen LogP contribution is -1.97. The molecule has 0 unspecified atom stereocenters. The number of hydrogen-bond donors (Lipinski definition) is 0. The Morgan fingerprint density at radius 2 is 2.07 bits per heavy atom. The summed E-state index contributed by atoms with van der Waals surface area (Å²) in [6.07, 6.45) is 2.79. The van der Waals surface area contributed by atoms with Crippen LogP contribution in [0.15, 0.2) is 43.0 Å². The van der Waals surface area contributed by atoms with E-state index in [2.05, 4.69) is 37.4 Å². The van der Waals surface area contributed by atoms with Crippen molar-refractivity contribution in [2.45, 2.75) is 12.5 Å². The molecule has 1 aromatic carbocycles. The fourth-order valence-corrected chi connectivity index (χ4v) is 1.77. The van der Waals surface area contributed by atoms with Gasteiger partial charge in [-0.15, -0.1) is 0 Å². The molecule has 0 amide bonds. The zero-order valence-corrected chi connectivity index (χ0v) is 10.1. The van der Waals surface area contributed by atoms with Crippen molar-refractivity contribution in [3.8, 4) is 0 Å². The second-order valence-corrected chi connectivity index (χ2v) is 4.45. The van der Waals surface area contributed by atoms with Crippen LogP contribution in [0.3, 0.4) is 0 Å². The van der Waals surface area contributed by atoms with Crippen molar-refractivity contribution in [1.29, 1.82) is 0 Å². The van der Waals surface area contributed by atoms with Gasteiger partial charge in [0.15, 0.2) is 0 Å². The molecule has 1 nitrogen and oxygen atoms in total. The summed E-state index contributed by atoms with van der Waals surface area (Å²) >= 11 is 0. The van der Waals surface area contributed by atoms with Gasteiger partial charge in [-0.2, -0.15) is 0 Å². The zero-order chi connectivity index (χ0) is 11.1. The quantitative estimate of drug-likeness (QED) is 0.524. The summed E-state index contributed by atoms with van der Waals surface area (Å²) in [5.74, 6) is 0. The lowest BCUT2D eigenvalue weighted by molar-refractivity contribution is 0.442. The van der Waals surface area contributed by atoms with Crippen molar-refractivity contribution >= 4 is 15.8 Å². The normalized spacial score (nSPS) is 9.93. The predicted octanol–water partition coefficient (Wildman–Crippen LogP) is 3.11. The van der Waals surface area contributed by atoms with Gasteiger partial charge in [-0.1, -0.05) is 49.1 Å². The molecule has 0 aliphatic rings. The van der Waals surface area contributed by atoms with Crippen molar-refractivity contribution in [2.24, 2.45) is 0 Å². The summed E-state index contributed by atoms with van der Waals surface area (Å²) in [6.45, 7) is 7.77. The Morgan fingerprint density at radius 3 is 2.60 bits per heavy atom. The summed E-state index contributed by atoms with van der Waals surface area (Å²) in [7, 11) is 2.26. The summed E-state index contributed by atoms with van der Waals surface area (Å²) < 4.78 is 5.04. The standard InChI is InChI=1S/C13H16OSi/c1-4-12-5-7-13(8-6-12)9-11(2)10-15-14-3/h4-8H,1-2,9-10H2,3H3. The third-order valence-electron chi connectivity index (χ3n) is 2.14. The molecule has 0 aliphatic carbocycles. The number of rotatable bonds is 6. The van der Waals surface area contributed by atoms with Gasteiger partial charge in [0, 0.05) is 7.11 Å². The molecule has 0 fully saturated rings. The molecular weight excluding hydrogens is 200 g/mol.